The first kappa shape index (κ1) is 16.8. The van der Waals surface area contributed by atoms with Gasteiger partial charge in [-0.1, -0.05) is 13.8 Å². The third-order valence-corrected chi connectivity index (χ3v) is 4.83. The summed E-state index contributed by atoms with van der Waals surface area (Å²) in [4.78, 5) is 24.4. The average Bonchev–Trinajstić information content (AvgIpc) is 3.15. The van der Waals surface area contributed by atoms with Crippen molar-refractivity contribution in [2.24, 2.45) is 11.8 Å². The Kier molecular flexibility index (Phi) is 4.28. The Morgan fingerprint density at radius 1 is 1.42 bits per heavy atom. The highest BCUT2D eigenvalue weighted by Gasteiger charge is 2.33. The predicted octanol–water partition coefficient (Wildman–Crippen LogP) is 2.08. The molecule has 26 heavy (non-hydrogen) atoms. The highest BCUT2D eigenvalue weighted by atomic mass is 16.3. The van der Waals surface area contributed by atoms with E-state index < -0.39 is 6.29 Å². The summed E-state index contributed by atoms with van der Waals surface area (Å²) in [6.07, 6.45) is 3.30. The van der Waals surface area contributed by atoms with Crippen LogP contribution in [0, 0.1) is 11.8 Å². The number of nitrogens with one attached hydrogen (secondary N) is 3. The van der Waals surface area contributed by atoms with Crippen LogP contribution in [0.1, 0.15) is 39.4 Å². The van der Waals surface area contributed by atoms with E-state index in [0.29, 0.717) is 29.6 Å². The van der Waals surface area contributed by atoms with Crippen LogP contribution in [0.5, 0.6) is 0 Å². The zero-order valence-electron chi connectivity index (χ0n) is 14.9. The number of rotatable bonds is 5. The maximum atomic E-state index is 12.3. The summed E-state index contributed by atoms with van der Waals surface area (Å²) in [7, 11) is 0. The topological polar surface area (TPSA) is 101 Å². The molecule has 2 amide bonds. The molecule has 0 radical (unpaired) electrons. The molecule has 0 spiro atoms. The molecule has 2 unspecified atom stereocenters. The van der Waals surface area contributed by atoms with Crippen molar-refractivity contribution in [3.8, 4) is 11.5 Å². The van der Waals surface area contributed by atoms with Crippen LogP contribution in [0.15, 0.2) is 28.9 Å². The quantitative estimate of drug-likeness (QED) is 0.760. The zero-order chi connectivity index (χ0) is 18.3. The lowest BCUT2D eigenvalue weighted by Crippen LogP contribution is -2.55. The van der Waals surface area contributed by atoms with Crippen molar-refractivity contribution in [1.82, 2.24) is 20.4 Å². The molecule has 2 aromatic heterocycles. The zero-order valence-corrected chi connectivity index (χ0v) is 14.9. The van der Waals surface area contributed by atoms with Crippen LogP contribution >= 0.6 is 0 Å². The fraction of sp³-hybridized carbons (Fsp3) is 0.500. The smallest absolute Gasteiger partial charge is 0.228 e. The van der Waals surface area contributed by atoms with Crippen LogP contribution in [0.2, 0.25) is 0 Å². The van der Waals surface area contributed by atoms with Gasteiger partial charge < -0.3 is 15.1 Å². The van der Waals surface area contributed by atoms with E-state index >= 15 is 0 Å². The third-order valence-electron chi connectivity index (χ3n) is 4.83. The van der Waals surface area contributed by atoms with Crippen LogP contribution in [0.4, 0.5) is 5.82 Å². The number of carbonyl (C=O) groups excluding carboxylic acids is 2. The normalized spacial score (nSPS) is 23.1. The number of nitrogens with zero attached hydrogens (tertiary/aromatic N) is 2. The molecular formula is C18H23N5O3. The van der Waals surface area contributed by atoms with Gasteiger partial charge in [-0.25, -0.2) is 4.68 Å². The van der Waals surface area contributed by atoms with Crippen LogP contribution < -0.4 is 16.0 Å². The monoisotopic (exact) mass is 357 g/mol. The van der Waals surface area contributed by atoms with Gasteiger partial charge in [-0.2, -0.15) is 5.10 Å². The molecule has 1 aliphatic heterocycles. The molecule has 8 heteroatoms. The minimum atomic E-state index is -0.526. The lowest BCUT2D eigenvalue weighted by Gasteiger charge is -2.34. The van der Waals surface area contributed by atoms with Crippen LogP contribution in [0.3, 0.4) is 0 Å². The van der Waals surface area contributed by atoms with Gasteiger partial charge in [0.25, 0.3) is 0 Å². The Morgan fingerprint density at radius 2 is 2.23 bits per heavy atom. The molecule has 2 atom stereocenters. The summed E-state index contributed by atoms with van der Waals surface area (Å²) < 4.78 is 7.04. The Labute approximate surface area is 151 Å². The highest BCUT2D eigenvalue weighted by Crippen LogP contribution is 2.31. The molecule has 3 N–H and O–H groups in total. The Balaban J connectivity index is 1.66. The lowest BCUT2D eigenvalue weighted by molar-refractivity contribution is -0.126. The van der Waals surface area contributed by atoms with Gasteiger partial charge in [-0.3, -0.25) is 14.9 Å². The van der Waals surface area contributed by atoms with Crippen LogP contribution in [-0.2, 0) is 9.59 Å². The molecule has 2 fully saturated rings. The van der Waals surface area contributed by atoms with Gasteiger partial charge in [0.15, 0.2) is 12.0 Å². The molecule has 4 rings (SSSR count). The largest absolute Gasteiger partial charge is 0.463 e. The van der Waals surface area contributed by atoms with Crippen molar-refractivity contribution in [1.29, 1.82) is 0 Å². The molecule has 1 saturated heterocycles. The van der Waals surface area contributed by atoms with E-state index in [1.807, 2.05) is 6.07 Å². The van der Waals surface area contributed by atoms with Crippen molar-refractivity contribution in [2.75, 3.05) is 5.32 Å². The van der Waals surface area contributed by atoms with Crippen LogP contribution in [0.25, 0.3) is 11.5 Å². The van der Waals surface area contributed by atoms with Crippen molar-refractivity contribution < 1.29 is 14.0 Å². The van der Waals surface area contributed by atoms with Gasteiger partial charge in [-0.05, 0) is 30.9 Å². The molecular weight excluding hydrogens is 334 g/mol. The lowest BCUT2D eigenvalue weighted by atomic mass is 9.99. The number of aromatic nitrogens is 2. The van der Waals surface area contributed by atoms with E-state index in [0.717, 1.165) is 12.8 Å². The van der Waals surface area contributed by atoms with Crippen molar-refractivity contribution in [3.05, 3.63) is 24.5 Å². The number of hydrogen-bond acceptors (Lipinski definition) is 5. The van der Waals surface area contributed by atoms with Gasteiger partial charge >= 0.3 is 0 Å². The van der Waals surface area contributed by atoms with E-state index in [9.17, 15) is 9.59 Å². The molecule has 8 nitrogen and oxygen atoms in total. The van der Waals surface area contributed by atoms with E-state index in [4.69, 9.17) is 4.42 Å². The summed E-state index contributed by atoms with van der Waals surface area (Å²) in [5, 5.41) is 13.8. The number of furan rings is 1. The maximum absolute atomic E-state index is 12.3. The molecule has 2 aromatic rings. The maximum Gasteiger partial charge on any atom is 0.228 e. The van der Waals surface area contributed by atoms with E-state index in [-0.39, 0.29) is 23.8 Å². The van der Waals surface area contributed by atoms with Gasteiger partial charge in [-0.15, -0.1) is 0 Å². The third kappa shape index (κ3) is 3.37. The second-order valence-electron chi connectivity index (χ2n) is 7.29. The number of amides is 2. The van der Waals surface area contributed by atoms with Gasteiger partial charge in [0, 0.05) is 24.4 Å². The first-order valence-corrected chi connectivity index (χ1v) is 9.01. The summed E-state index contributed by atoms with van der Waals surface area (Å²) >= 11 is 0. The average molecular weight is 357 g/mol. The molecule has 1 saturated carbocycles. The molecule has 3 heterocycles. The molecule has 2 aliphatic rings. The second-order valence-corrected chi connectivity index (χ2v) is 7.29. The van der Waals surface area contributed by atoms with Gasteiger partial charge in [0.05, 0.1) is 6.26 Å². The second kappa shape index (κ2) is 6.60. The Bertz CT molecular complexity index is 807. The van der Waals surface area contributed by atoms with Crippen LogP contribution in [-0.4, -0.2) is 27.6 Å². The first-order chi connectivity index (χ1) is 12.5. The molecule has 0 aromatic carbocycles. The molecule has 1 aliphatic carbocycles. The summed E-state index contributed by atoms with van der Waals surface area (Å²) in [5.74, 6) is 1.46. The number of hydrogen-bond donors (Lipinski definition) is 3. The predicted molar refractivity (Wildman–Crippen MR) is 94.8 cm³/mol. The minimum Gasteiger partial charge on any atom is -0.463 e. The summed E-state index contributed by atoms with van der Waals surface area (Å²) in [6, 6.07) is 5.40. The van der Waals surface area contributed by atoms with Gasteiger partial charge in [0.1, 0.15) is 11.5 Å². The summed E-state index contributed by atoms with van der Waals surface area (Å²) in [6.45, 7) is 4.14. The van der Waals surface area contributed by atoms with E-state index in [2.05, 4.69) is 34.9 Å². The van der Waals surface area contributed by atoms with E-state index in [1.54, 1.807) is 23.1 Å². The minimum absolute atomic E-state index is 0.0142. The SMILES string of the molecule is CC(C)C1CC(=O)NC(n2nc(-c3ccco3)cc2NC(=O)C2CC2)N1. The Morgan fingerprint density at radius 3 is 2.88 bits per heavy atom. The van der Waals surface area contributed by atoms with Crippen molar-refractivity contribution in [2.45, 2.75) is 45.4 Å². The summed E-state index contributed by atoms with van der Waals surface area (Å²) in [5.41, 5.74) is 0.601. The Hall–Kier alpha value is -2.61. The van der Waals surface area contributed by atoms with Crippen molar-refractivity contribution in [3.63, 3.8) is 0 Å². The number of carbonyl (C=O) groups is 2. The van der Waals surface area contributed by atoms with Crippen molar-refractivity contribution >= 4 is 17.6 Å². The first-order valence-electron chi connectivity index (χ1n) is 9.01. The fourth-order valence-corrected chi connectivity index (χ4v) is 3.08. The highest BCUT2D eigenvalue weighted by molar-refractivity contribution is 5.93. The van der Waals surface area contributed by atoms with Gasteiger partial charge in [0.2, 0.25) is 11.8 Å². The standard InChI is InChI=1S/C18H23N5O3/c1-10(2)12-9-16(24)21-18(19-12)23-15(20-17(25)11-5-6-11)8-13(22-23)14-4-3-7-26-14/h3-4,7-8,10-12,18-19H,5-6,9H2,1-2H3,(H,20,25)(H,21,24). The van der Waals surface area contributed by atoms with E-state index in [1.165, 1.54) is 0 Å². The molecule has 0 bridgehead atoms. The number of anilines is 1. The fourth-order valence-electron chi connectivity index (χ4n) is 3.08. The molecule has 138 valence electrons.